The first-order valence-electron chi connectivity index (χ1n) is 10.4. The van der Waals surface area contributed by atoms with E-state index in [2.05, 4.69) is 10.3 Å². The fourth-order valence-electron chi connectivity index (χ4n) is 4.49. The Morgan fingerprint density at radius 3 is 2.63 bits per heavy atom. The van der Waals surface area contributed by atoms with E-state index >= 15 is 0 Å². The lowest BCUT2D eigenvalue weighted by atomic mass is 9.95. The molecule has 1 aliphatic carbocycles. The minimum Gasteiger partial charge on any atom is -0.361 e. The maximum absolute atomic E-state index is 13.0. The lowest BCUT2D eigenvalue weighted by molar-refractivity contribution is -0.127. The maximum atomic E-state index is 13.0. The highest BCUT2D eigenvalue weighted by atomic mass is 16.2. The minimum absolute atomic E-state index is 0.0325. The van der Waals surface area contributed by atoms with Crippen LogP contribution in [0.2, 0.25) is 0 Å². The molecule has 4 rings (SSSR count). The fourth-order valence-corrected chi connectivity index (χ4v) is 4.49. The predicted molar refractivity (Wildman–Crippen MR) is 107 cm³/mol. The average molecular weight is 367 g/mol. The number of amides is 2. The number of piperidine rings is 1. The van der Waals surface area contributed by atoms with Gasteiger partial charge in [-0.1, -0.05) is 25.7 Å². The normalized spacial score (nSPS) is 21.8. The smallest absolute Gasteiger partial charge is 0.253 e. The number of nitrogens with zero attached hydrogens (tertiary/aromatic N) is 1. The number of aromatic nitrogens is 1. The number of fused-ring (bicyclic) bond motifs is 1. The minimum atomic E-state index is -0.0815. The molecule has 27 heavy (non-hydrogen) atoms. The van der Waals surface area contributed by atoms with Gasteiger partial charge in [-0.2, -0.15) is 0 Å². The van der Waals surface area contributed by atoms with Crippen molar-refractivity contribution in [2.24, 2.45) is 5.92 Å². The van der Waals surface area contributed by atoms with Crippen molar-refractivity contribution in [3.05, 3.63) is 36.0 Å². The predicted octanol–water partition coefficient (Wildman–Crippen LogP) is 3.86. The fraction of sp³-hybridized carbons (Fsp3) is 0.545. The molecule has 2 aliphatic rings. The molecule has 0 bridgehead atoms. The zero-order valence-electron chi connectivity index (χ0n) is 15.9. The second kappa shape index (κ2) is 8.15. The molecule has 5 nitrogen and oxygen atoms in total. The number of nitrogens with one attached hydrogen (secondary N) is 2. The molecule has 1 atom stereocenters. The van der Waals surface area contributed by atoms with Crippen molar-refractivity contribution < 1.29 is 9.59 Å². The monoisotopic (exact) mass is 367 g/mol. The van der Waals surface area contributed by atoms with E-state index in [0.29, 0.717) is 18.2 Å². The van der Waals surface area contributed by atoms with Crippen molar-refractivity contribution in [2.75, 3.05) is 13.1 Å². The number of hydrogen-bond donors (Lipinski definition) is 2. The van der Waals surface area contributed by atoms with Crippen LogP contribution in [0.4, 0.5) is 0 Å². The number of rotatable bonds is 3. The van der Waals surface area contributed by atoms with Gasteiger partial charge in [-0.25, -0.2) is 0 Å². The van der Waals surface area contributed by atoms with E-state index < -0.39 is 0 Å². The Balaban J connectivity index is 1.39. The lowest BCUT2D eigenvalue weighted by Crippen LogP contribution is -2.47. The Hall–Kier alpha value is -2.30. The molecule has 2 N–H and O–H groups in total. The van der Waals surface area contributed by atoms with Crippen LogP contribution in [-0.4, -0.2) is 40.8 Å². The molecule has 2 heterocycles. The standard InChI is InChI=1S/C22H29N3O2/c26-21(24-19-7-3-1-2-4-8-19)18-6-5-13-25(15-18)22(27)17-9-10-20-16(14-17)11-12-23-20/h9-12,14,18-19,23H,1-8,13,15H2,(H,24,26). The Kier molecular flexibility index (Phi) is 5.46. The molecule has 1 unspecified atom stereocenters. The SMILES string of the molecule is O=C(NC1CCCCCC1)C1CCCN(C(=O)c2ccc3[nH]ccc3c2)C1. The van der Waals surface area contributed by atoms with E-state index in [9.17, 15) is 9.59 Å². The van der Waals surface area contributed by atoms with E-state index in [1.54, 1.807) is 0 Å². The first-order valence-corrected chi connectivity index (χ1v) is 10.4. The molecule has 0 spiro atoms. The number of hydrogen-bond acceptors (Lipinski definition) is 2. The summed E-state index contributed by atoms with van der Waals surface area (Å²) in [5.41, 5.74) is 1.73. The molecule has 1 saturated carbocycles. The highest BCUT2D eigenvalue weighted by Gasteiger charge is 2.30. The van der Waals surface area contributed by atoms with Crippen LogP contribution >= 0.6 is 0 Å². The summed E-state index contributed by atoms with van der Waals surface area (Å²) in [5.74, 6) is 0.0903. The van der Waals surface area contributed by atoms with Crippen molar-refractivity contribution in [1.82, 2.24) is 15.2 Å². The first kappa shape index (κ1) is 18.1. The van der Waals surface area contributed by atoms with Crippen LogP contribution < -0.4 is 5.32 Å². The van der Waals surface area contributed by atoms with Gasteiger partial charge in [0, 0.05) is 41.8 Å². The number of H-pyrrole nitrogens is 1. The van der Waals surface area contributed by atoms with Gasteiger partial charge in [0.2, 0.25) is 5.91 Å². The molecule has 0 radical (unpaired) electrons. The second-order valence-electron chi connectivity index (χ2n) is 8.07. The van der Waals surface area contributed by atoms with Gasteiger partial charge in [0.15, 0.2) is 0 Å². The molecule has 1 aromatic heterocycles. The number of carbonyl (C=O) groups is 2. The van der Waals surface area contributed by atoms with Gasteiger partial charge in [0.25, 0.3) is 5.91 Å². The number of benzene rings is 1. The third-order valence-electron chi connectivity index (χ3n) is 6.08. The third-order valence-corrected chi connectivity index (χ3v) is 6.08. The van der Waals surface area contributed by atoms with E-state index in [1.807, 2.05) is 35.4 Å². The summed E-state index contributed by atoms with van der Waals surface area (Å²) in [5, 5.41) is 4.31. The van der Waals surface area contributed by atoms with E-state index in [-0.39, 0.29) is 17.7 Å². The summed E-state index contributed by atoms with van der Waals surface area (Å²) in [6.45, 7) is 1.26. The molecule has 1 saturated heterocycles. The number of likely N-dealkylation sites (tertiary alicyclic amines) is 1. The molecule has 2 amide bonds. The van der Waals surface area contributed by atoms with Crippen molar-refractivity contribution in [1.29, 1.82) is 0 Å². The molecule has 5 heteroatoms. The number of carbonyl (C=O) groups excluding carboxylic acids is 2. The van der Waals surface area contributed by atoms with Crippen molar-refractivity contribution in [3.8, 4) is 0 Å². The Labute approximate surface area is 160 Å². The van der Waals surface area contributed by atoms with Gasteiger partial charge in [-0.15, -0.1) is 0 Å². The highest BCUT2D eigenvalue weighted by Crippen LogP contribution is 2.23. The Bertz CT molecular complexity index is 805. The van der Waals surface area contributed by atoms with Crippen molar-refractivity contribution in [2.45, 2.75) is 57.4 Å². The second-order valence-corrected chi connectivity index (χ2v) is 8.07. The van der Waals surface area contributed by atoms with Gasteiger partial charge in [-0.05, 0) is 49.9 Å². The van der Waals surface area contributed by atoms with Gasteiger partial charge in [-0.3, -0.25) is 9.59 Å². The summed E-state index contributed by atoms with van der Waals surface area (Å²) in [6.07, 6.45) is 10.8. The highest BCUT2D eigenvalue weighted by molar-refractivity contribution is 5.98. The molecule has 1 aliphatic heterocycles. The third kappa shape index (κ3) is 4.18. The van der Waals surface area contributed by atoms with E-state index in [0.717, 1.165) is 43.1 Å². The van der Waals surface area contributed by atoms with E-state index in [1.165, 1.54) is 25.7 Å². The van der Waals surface area contributed by atoms with Crippen LogP contribution in [-0.2, 0) is 4.79 Å². The molecular formula is C22H29N3O2. The zero-order valence-corrected chi connectivity index (χ0v) is 15.9. The summed E-state index contributed by atoms with van der Waals surface area (Å²) >= 11 is 0. The number of aromatic amines is 1. The van der Waals surface area contributed by atoms with Crippen molar-refractivity contribution in [3.63, 3.8) is 0 Å². The Morgan fingerprint density at radius 1 is 1.00 bits per heavy atom. The maximum Gasteiger partial charge on any atom is 0.253 e. The van der Waals surface area contributed by atoms with E-state index in [4.69, 9.17) is 0 Å². The zero-order chi connectivity index (χ0) is 18.6. The molecule has 2 fully saturated rings. The van der Waals surface area contributed by atoms with Gasteiger partial charge < -0.3 is 15.2 Å². The lowest BCUT2D eigenvalue weighted by Gasteiger charge is -2.33. The van der Waals surface area contributed by atoms with Crippen LogP contribution in [0.3, 0.4) is 0 Å². The summed E-state index contributed by atoms with van der Waals surface area (Å²) in [4.78, 5) is 30.7. The first-order chi connectivity index (χ1) is 13.2. The van der Waals surface area contributed by atoms with Gasteiger partial charge >= 0.3 is 0 Å². The largest absolute Gasteiger partial charge is 0.361 e. The van der Waals surface area contributed by atoms with Gasteiger partial charge in [0.05, 0.1) is 5.92 Å². The molecule has 2 aromatic rings. The Morgan fingerprint density at radius 2 is 1.81 bits per heavy atom. The summed E-state index contributed by atoms with van der Waals surface area (Å²) in [6, 6.07) is 8.05. The van der Waals surface area contributed by atoms with Crippen LogP contribution in [0, 0.1) is 5.92 Å². The van der Waals surface area contributed by atoms with Crippen LogP contribution in [0.25, 0.3) is 10.9 Å². The van der Waals surface area contributed by atoms with Crippen LogP contribution in [0.5, 0.6) is 0 Å². The molecule has 1 aromatic carbocycles. The molecular weight excluding hydrogens is 338 g/mol. The average Bonchev–Trinajstić information content (AvgIpc) is 3.03. The molecule has 144 valence electrons. The van der Waals surface area contributed by atoms with Crippen LogP contribution in [0.1, 0.15) is 61.7 Å². The van der Waals surface area contributed by atoms with Gasteiger partial charge in [0.1, 0.15) is 0 Å². The topological polar surface area (TPSA) is 65.2 Å². The van der Waals surface area contributed by atoms with Crippen LogP contribution in [0.15, 0.2) is 30.5 Å². The van der Waals surface area contributed by atoms with Crippen molar-refractivity contribution >= 4 is 22.7 Å². The summed E-state index contributed by atoms with van der Waals surface area (Å²) < 4.78 is 0. The quantitative estimate of drug-likeness (QED) is 0.809. The summed E-state index contributed by atoms with van der Waals surface area (Å²) in [7, 11) is 0.